The molecule has 0 bridgehead atoms. The first-order valence-electron chi connectivity index (χ1n) is 5.42. The quantitative estimate of drug-likeness (QED) is 0.683. The number of nitriles is 1. The van der Waals surface area contributed by atoms with Gasteiger partial charge in [0.1, 0.15) is 23.6 Å². The average Bonchev–Trinajstić information content (AvgIpc) is 2.81. The van der Waals surface area contributed by atoms with Gasteiger partial charge in [0.15, 0.2) is 0 Å². The summed E-state index contributed by atoms with van der Waals surface area (Å²) in [4.78, 5) is 14.0. The first kappa shape index (κ1) is 13.0. The molecule has 6 nitrogen and oxygen atoms in total. The van der Waals surface area contributed by atoms with Gasteiger partial charge in [-0.25, -0.2) is 4.98 Å². The maximum absolute atomic E-state index is 10.6. The Morgan fingerprint density at radius 2 is 2.37 bits per heavy atom. The van der Waals surface area contributed by atoms with E-state index in [0.717, 1.165) is 17.3 Å². The molecule has 7 heteroatoms. The van der Waals surface area contributed by atoms with E-state index >= 15 is 0 Å². The number of pyridine rings is 1. The van der Waals surface area contributed by atoms with Crippen molar-refractivity contribution in [3.63, 3.8) is 0 Å². The Labute approximate surface area is 113 Å². The molecule has 2 heterocycles. The van der Waals surface area contributed by atoms with Crippen molar-refractivity contribution in [3.8, 4) is 6.07 Å². The highest BCUT2D eigenvalue weighted by molar-refractivity contribution is 7.08. The summed E-state index contributed by atoms with van der Waals surface area (Å²) in [5, 5.41) is 26.7. The van der Waals surface area contributed by atoms with Crippen LogP contribution < -0.4 is 5.32 Å². The molecule has 0 spiro atoms. The summed E-state index contributed by atoms with van der Waals surface area (Å²) in [6.45, 7) is 2.54. The van der Waals surface area contributed by atoms with E-state index in [1.165, 1.54) is 6.07 Å². The van der Waals surface area contributed by atoms with Crippen LogP contribution in [0.25, 0.3) is 0 Å². The van der Waals surface area contributed by atoms with Gasteiger partial charge in [-0.05, 0) is 28.8 Å². The van der Waals surface area contributed by atoms with Crippen LogP contribution in [0, 0.1) is 28.4 Å². The molecule has 0 amide bonds. The molecule has 2 aromatic rings. The highest BCUT2D eigenvalue weighted by Gasteiger charge is 2.12. The number of nitrogens with zero attached hydrogens (tertiary/aromatic N) is 3. The van der Waals surface area contributed by atoms with Crippen LogP contribution in [0.2, 0.25) is 0 Å². The van der Waals surface area contributed by atoms with Gasteiger partial charge in [-0.1, -0.05) is 0 Å². The number of thiophene rings is 1. The number of hydrogen-bond acceptors (Lipinski definition) is 6. The van der Waals surface area contributed by atoms with Crippen LogP contribution >= 0.6 is 11.3 Å². The Balaban J connectivity index is 2.19. The molecule has 0 fully saturated rings. The van der Waals surface area contributed by atoms with Crippen molar-refractivity contribution in [1.82, 2.24) is 4.98 Å². The number of nitro groups is 1. The Hall–Kier alpha value is -2.46. The fraction of sp³-hybridized carbons (Fsp3) is 0.167. The lowest BCUT2D eigenvalue weighted by Gasteiger charge is -2.06. The predicted molar refractivity (Wildman–Crippen MR) is 72.0 cm³/mol. The number of anilines is 1. The van der Waals surface area contributed by atoms with Crippen molar-refractivity contribution in [1.29, 1.82) is 5.26 Å². The minimum Gasteiger partial charge on any atom is -0.365 e. The molecule has 0 saturated heterocycles. The Morgan fingerprint density at radius 1 is 1.58 bits per heavy atom. The zero-order chi connectivity index (χ0) is 13.8. The van der Waals surface area contributed by atoms with Crippen molar-refractivity contribution in [2.24, 2.45) is 0 Å². The van der Waals surface area contributed by atoms with Crippen molar-refractivity contribution in [2.45, 2.75) is 13.5 Å². The summed E-state index contributed by atoms with van der Waals surface area (Å²) >= 11 is 1.60. The number of rotatable bonds is 4. The SMILES string of the molecule is Cc1cscc1CNc1ncc([N+](=O)[O-])cc1C#N. The number of nitrogens with one attached hydrogen (secondary N) is 1. The van der Waals surface area contributed by atoms with Crippen LogP contribution in [0.5, 0.6) is 0 Å². The Morgan fingerprint density at radius 3 is 2.95 bits per heavy atom. The third-order valence-electron chi connectivity index (χ3n) is 2.61. The van der Waals surface area contributed by atoms with E-state index in [9.17, 15) is 10.1 Å². The second kappa shape index (κ2) is 5.46. The van der Waals surface area contributed by atoms with Crippen LogP contribution in [0.4, 0.5) is 11.5 Å². The topological polar surface area (TPSA) is 91.8 Å². The standard InChI is InChI=1S/C12H10N4O2S/c1-8-6-19-7-10(8)4-14-12-9(3-13)2-11(5-15-12)16(17)18/h2,5-7H,4H2,1H3,(H,14,15). The van der Waals surface area contributed by atoms with E-state index in [1.54, 1.807) is 11.3 Å². The summed E-state index contributed by atoms with van der Waals surface area (Å²) in [7, 11) is 0. The van der Waals surface area contributed by atoms with E-state index in [-0.39, 0.29) is 11.3 Å². The normalized spacial score (nSPS) is 9.89. The van der Waals surface area contributed by atoms with Crippen LogP contribution in [0.15, 0.2) is 23.0 Å². The van der Waals surface area contributed by atoms with Crippen molar-refractivity contribution < 1.29 is 4.92 Å². The molecule has 0 unspecified atom stereocenters. The van der Waals surface area contributed by atoms with Gasteiger partial charge in [-0.3, -0.25) is 10.1 Å². The maximum atomic E-state index is 10.6. The molecular formula is C12H10N4O2S. The van der Waals surface area contributed by atoms with Gasteiger partial charge < -0.3 is 5.32 Å². The van der Waals surface area contributed by atoms with Crippen molar-refractivity contribution >= 4 is 22.8 Å². The smallest absolute Gasteiger partial charge is 0.289 e. The molecule has 96 valence electrons. The minimum absolute atomic E-state index is 0.169. The molecular weight excluding hydrogens is 264 g/mol. The maximum Gasteiger partial charge on any atom is 0.289 e. The average molecular weight is 274 g/mol. The summed E-state index contributed by atoms with van der Waals surface area (Å²) in [6.07, 6.45) is 1.14. The molecule has 0 atom stereocenters. The van der Waals surface area contributed by atoms with Crippen molar-refractivity contribution in [2.75, 3.05) is 5.32 Å². The molecule has 2 aromatic heterocycles. The third-order valence-corrected chi connectivity index (χ3v) is 3.52. The van der Waals surface area contributed by atoms with Gasteiger partial charge in [0.2, 0.25) is 0 Å². The van der Waals surface area contributed by atoms with Gasteiger partial charge in [-0.2, -0.15) is 16.6 Å². The fourth-order valence-corrected chi connectivity index (χ4v) is 2.38. The lowest BCUT2D eigenvalue weighted by Crippen LogP contribution is -2.04. The van der Waals surface area contributed by atoms with E-state index in [4.69, 9.17) is 5.26 Å². The third kappa shape index (κ3) is 2.86. The molecule has 0 saturated carbocycles. The highest BCUT2D eigenvalue weighted by atomic mass is 32.1. The first-order valence-corrected chi connectivity index (χ1v) is 6.36. The summed E-state index contributed by atoms with van der Waals surface area (Å²) in [5.74, 6) is 0.360. The monoisotopic (exact) mass is 274 g/mol. The second-order valence-corrected chi connectivity index (χ2v) is 4.64. The van der Waals surface area contributed by atoms with Gasteiger partial charge >= 0.3 is 0 Å². The summed E-state index contributed by atoms with van der Waals surface area (Å²) in [5.41, 5.74) is 2.27. The van der Waals surface area contributed by atoms with Gasteiger partial charge in [0.05, 0.1) is 4.92 Å². The van der Waals surface area contributed by atoms with E-state index in [0.29, 0.717) is 12.4 Å². The van der Waals surface area contributed by atoms with E-state index in [2.05, 4.69) is 10.3 Å². The van der Waals surface area contributed by atoms with Crippen LogP contribution in [-0.2, 0) is 6.54 Å². The summed E-state index contributed by atoms with van der Waals surface area (Å²) in [6, 6.07) is 3.13. The van der Waals surface area contributed by atoms with Crippen LogP contribution in [0.3, 0.4) is 0 Å². The lowest BCUT2D eigenvalue weighted by atomic mass is 10.2. The molecule has 0 aliphatic rings. The Bertz CT molecular complexity index is 660. The molecule has 0 radical (unpaired) electrons. The number of hydrogen-bond donors (Lipinski definition) is 1. The second-order valence-electron chi connectivity index (χ2n) is 3.89. The molecule has 0 aliphatic carbocycles. The minimum atomic E-state index is -0.569. The Kier molecular flexibility index (Phi) is 3.73. The molecule has 2 rings (SSSR count). The van der Waals surface area contributed by atoms with E-state index < -0.39 is 4.92 Å². The molecule has 0 aromatic carbocycles. The highest BCUT2D eigenvalue weighted by Crippen LogP contribution is 2.20. The predicted octanol–water partition coefficient (Wildman–Crippen LogP) is 2.84. The molecule has 19 heavy (non-hydrogen) atoms. The zero-order valence-electron chi connectivity index (χ0n) is 10.1. The zero-order valence-corrected chi connectivity index (χ0v) is 10.9. The van der Waals surface area contributed by atoms with Gasteiger partial charge in [0, 0.05) is 12.6 Å². The first-order chi connectivity index (χ1) is 9.11. The molecule has 1 N–H and O–H groups in total. The van der Waals surface area contributed by atoms with E-state index in [1.807, 2.05) is 23.8 Å². The van der Waals surface area contributed by atoms with Gasteiger partial charge in [0.25, 0.3) is 5.69 Å². The summed E-state index contributed by atoms with van der Waals surface area (Å²) < 4.78 is 0. The lowest BCUT2D eigenvalue weighted by molar-refractivity contribution is -0.385. The van der Waals surface area contributed by atoms with Crippen molar-refractivity contribution in [3.05, 3.63) is 49.8 Å². The van der Waals surface area contributed by atoms with Gasteiger partial charge in [-0.15, -0.1) is 0 Å². The molecule has 0 aliphatic heterocycles. The largest absolute Gasteiger partial charge is 0.365 e. The fourth-order valence-electron chi connectivity index (χ4n) is 1.53. The number of aryl methyl sites for hydroxylation is 1. The van der Waals surface area contributed by atoms with Crippen LogP contribution in [0.1, 0.15) is 16.7 Å². The van der Waals surface area contributed by atoms with Crippen LogP contribution in [-0.4, -0.2) is 9.91 Å². The number of aromatic nitrogens is 1.